The molecule has 142 valence electrons. The molecule has 4 rings (SSSR count). The zero-order valence-electron chi connectivity index (χ0n) is 16.0. The molecular formula is C24H24N2O2. The summed E-state index contributed by atoms with van der Waals surface area (Å²) in [6, 6.07) is 19.6. The molecule has 0 saturated carbocycles. The molecule has 0 bridgehead atoms. The molecule has 1 fully saturated rings. The van der Waals surface area contributed by atoms with Crippen LogP contribution >= 0.6 is 0 Å². The van der Waals surface area contributed by atoms with Crippen molar-refractivity contribution in [3.63, 3.8) is 0 Å². The molecule has 0 aliphatic carbocycles. The second-order valence-corrected chi connectivity index (χ2v) is 7.47. The molecule has 2 heterocycles. The molecule has 1 aromatic heterocycles. The van der Waals surface area contributed by atoms with E-state index >= 15 is 0 Å². The van der Waals surface area contributed by atoms with E-state index in [0.717, 1.165) is 22.3 Å². The number of likely N-dealkylation sites (tertiary alicyclic amines) is 1. The van der Waals surface area contributed by atoms with Gasteiger partial charge in [0.25, 0.3) is 5.91 Å². The van der Waals surface area contributed by atoms with Crippen molar-refractivity contribution >= 4 is 5.91 Å². The maximum Gasteiger partial charge on any atom is 0.254 e. The number of hydrogen-bond donors (Lipinski definition) is 1. The van der Waals surface area contributed by atoms with Crippen LogP contribution in [0.4, 0.5) is 0 Å². The number of nitrogens with zero attached hydrogens (tertiary/aromatic N) is 2. The van der Waals surface area contributed by atoms with Crippen LogP contribution in [0, 0.1) is 6.92 Å². The highest BCUT2D eigenvalue weighted by atomic mass is 16.3. The number of rotatable bonds is 3. The number of aromatic nitrogens is 1. The van der Waals surface area contributed by atoms with E-state index in [1.54, 1.807) is 12.4 Å². The van der Waals surface area contributed by atoms with Gasteiger partial charge in [-0.3, -0.25) is 9.78 Å². The summed E-state index contributed by atoms with van der Waals surface area (Å²) in [5, 5.41) is 11.0. The van der Waals surface area contributed by atoms with Crippen molar-refractivity contribution in [1.29, 1.82) is 0 Å². The van der Waals surface area contributed by atoms with Gasteiger partial charge >= 0.3 is 0 Å². The monoisotopic (exact) mass is 372 g/mol. The third-order valence-electron chi connectivity index (χ3n) is 5.59. The molecule has 3 aromatic rings. The topological polar surface area (TPSA) is 53.4 Å². The first kappa shape index (κ1) is 18.4. The SMILES string of the molecule is Cc1ccc(-c2ccncc2)c(C(=O)N2CCC(O)(c3ccccc3)CC2)c1. The third kappa shape index (κ3) is 3.56. The van der Waals surface area contributed by atoms with Gasteiger partial charge < -0.3 is 10.0 Å². The average molecular weight is 372 g/mol. The Bertz CT molecular complexity index is 962. The van der Waals surface area contributed by atoms with E-state index in [-0.39, 0.29) is 5.91 Å². The maximum atomic E-state index is 13.3. The van der Waals surface area contributed by atoms with Crippen LogP contribution in [0.1, 0.15) is 34.3 Å². The molecule has 2 aromatic carbocycles. The lowest BCUT2D eigenvalue weighted by atomic mass is 9.84. The molecule has 1 saturated heterocycles. The number of aliphatic hydroxyl groups is 1. The quantitative estimate of drug-likeness (QED) is 0.750. The number of carbonyl (C=O) groups is 1. The van der Waals surface area contributed by atoms with Crippen LogP contribution in [-0.4, -0.2) is 34.0 Å². The first-order valence-corrected chi connectivity index (χ1v) is 9.65. The molecule has 28 heavy (non-hydrogen) atoms. The Kier molecular flexibility index (Phi) is 4.97. The summed E-state index contributed by atoms with van der Waals surface area (Å²) in [7, 11) is 0. The highest BCUT2D eigenvalue weighted by molar-refractivity contribution is 6.01. The third-order valence-corrected chi connectivity index (χ3v) is 5.59. The fraction of sp³-hybridized carbons (Fsp3) is 0.250. The zero-order chi connectivity index (χ0) is 19.6. The highest BCUT2D eigenvalue weighted by Crippen LogP contribution is 2.34. The molecule has 1 aliphatic rings. The maximum absolute atomic E-state index is 13.3. The number of piperidine rings is 1. The summed E-state index contributed by atoms with van der Waals surface area (Å²) in [5.74, 6) is 0.0191. The van der Waals surface area contributed by atoms with E-state index in [1.165, 1.54) is 0 Å². The van der Waals surface area contributed by atoms with Crippen molar-refractivity contribution in [1.82, 2.24) is 9.88 Å². The van der Waals surface area contributed by atoms with Gasteiger partial charge in [0.15, 0.2) is 0 Å². The first-order chi connectivity index (χ1) is 13.6. The van der Waals surface area contributed by atoms with Gasteiger partial charge in [0.1, 0.15) is 0 Å². The molecule has 0 spiro atoms. The van der Waals surface area contributed by atoms with Crippen LogP contribution in [0.15, 0.2) is 73.1 Å². The fourth-order valence-electron chi connectivity index (χ4n) is 3.91. The van der Waals surface area contributed by atoms with Gasteiger partial charge in [0, 0.05) is 31.0 Å². The van der Waals surface area contributed by atoms with Crippen molar-refractivity contribution in [2.45, 2.75) is 25.4 Å². The smallest absolute Gasteiger partial charge is 0.254 e. The number of pyridine rings is 1. The average Bonchev–Trinajstić information content (AvgIpc) is 2.75. The van der Waals surface area contributed by atoms with E-state index in [4.69, 9.17) is 0 Å². The summed E-state index contributed by atoms with van der Waals surface area (Å²) in [6.07, 6.45) is 4.56. The number of benzene rings is 2. The number of carbonyl (C=O) groups excluding carboxylic acids is 1. The minimum atomic E-state index is -0.863. The van der Waals surface area contributed by atoms with Gasteiger partial charge in [0.2, 0.25) is 0 Å². The molecule has 4 nitrogen and oxygen atoms in total. The summed E-state index contributed by atoms with van der Waals surface area (Å²) >= 11 is 0. The van der Waals surface area contributed by atoms with E-state index in [9.17, 15) is 9.90 Å². The fourth-order valence-corrected chi connectivity index (χ4v) is 3.91. The predicted molar refractivity (Wildman–Crippen MR) is 110 cm³/mol. The Morgan fingerprint density at radius 1 is 1.00 bits per heavy atom. The molecular weight excluding hydrogens is 348 g/mol. The highest BCUT2D eigenvalue weighted by Gasteiger charge is 2.35. The summed E-state index contributed by atoms with van der Waals surface area (Å²) < 4.78 is 0. The van der Waals surface area contributed by atoms with E-state index in [2.05, 4.69) is 4.98 Å². The minimum Gasteiger partial charge on any atom is -0.385 e. The van der Waals surface area contributed by atoms with Crippen molar-refractivity contribution < 1.29 is 9.90 Å². The van der Waals surface area contributed by atoms with Gasteiger partial charge in [-0.1, -0.05) is 48.0 Å². The van der Waals surface area contributed by atoms with E-state index in [1.807, 2.05) is 72.5 Å². The second-order valence-electron chi connectivity index (χ2n) is 7.47. The second kappa shape index (κ2) is 7.56. The lowest BCUT2D eigenvalue weighted by Crippen LogP contribution is -2.45. The largest absolute Gasteiger partial charge is 0.385 e. The van der Waals surface area contributed by atoms with E-state index in [0.29, 0.717) is 31.5 Å². The Morgan fingerprint density at radius 2 is 1.68 bits per heavy atom. The van der Waals surface area contributed by atoms with Crippen LogP contribution in [-0.2, 0) is 5.60 Å². The number of hydrogen-bond acceptors (Lipinski definition) is 3. The van der Waals surface area contributed by atoms with Gasteiger partial charge in [0.05, 0.1) is 5.60 Å². The summed E-state index contributed by atoms with van der Waals surface area (Å²) in [6.45, 7) is 3.07. The standard InChI is InChI=1S/C24H24N2O2/c1-18-7-8-21(19-9-13-25-14-10-19)22(17-18)23(27)26-15-11-24(28,12-16-26)20-5-3-2-4-6-20/h2-10,13-14,17,28H,11-12,15-16H2,1H3. The lowest BCUT2D eigenvalue weighted by Gasteiger charge is -2.38. The molecule has 0 atom stereocenters. The zero-order valence-corrected chi connectivity index (χ0v) is 16.0. The molecule has 1 aliphatic heterocycles. The van der Waals surface area contributed by atoms with Gasteiger partial charge in [-0.05, 0) is 54.7 Å². The van der Waals surface area contributed by atoms with Gasteiger partial charge in [-0.2, -0.15) is 0 Å². The van der Waals surface area contributed by atoms with Crippen LogP contribution in [0.2, 0.25) is 0 Å². The normalized spacial score (nSPS) is 16.0. The lowest BCUT2D eigenvalue weighted by molar-refractivity contribution is -0.0211. The Labute approximate surface area is 165 Å². The van der Waals surface area contributed by atoms with Crippen LogP contribution < -0.4 is 0 Å². The molecule has 4 heteroatoms. The Hall–Kier alpha value is -2.98. The summed E-state index contributed by atoms with van der Waals surface area (Å²) in [4.78, 5) is 19.3. The number of aryl methyl sites for hydroxylation is 1. The number of amides is 1. The van der Waals surface area contributed by atoms with Crippen LogP contribution in [0.3, 0.4) is 0 Å². The van der Waals surface area contributed by atoms with Crippen molar-refractivity contribution in [3.8, 4) is 11.1 Å². The summed E-state index contributed by atoms with van der Waals surface area (Å²) in [5.41, 5.74) is 3.72. The van der Waals surface area contributed by atoms with Crippen molar-refractivity contribution in [3.05, 3.63) is 89.7 Å². The molecule has 1 amide bonds. The van der Waals surface area contributed by atoms with Gasteiger partial charge in [-0.25, -0.2) is 0 Å². The van der Waals surface area contributed by atoms with Gasteiger partial charge in [-0.15, -0.1) is 0 Å². The molecule has 0 radical (unpaired) electrons. The molecule has 1 N–H and O–H groups in total. The van der Waals surface area contributed by atoms with Crippen molar-refractivity contribution in [2.24, 2.45) is 0 Å². The first-order valence-electron chi connectivity index (χ1n) is 9.65. The molecule has 0 unspecified atom stereocenters. The minimum absolute atomic E-state index is 0.0191. The Morgan fingerprint density at radius 3 is 2.36 bits per heavy atom. The van der Waals surface area contributed by atoms with E-state index < -0.39 is 5.60 Å². The predicted octanol–water partition coefficient (Wildman–Crippen LogP) is 4.18. The van der Waals surface area contributed by atoms with Crippen LogP contribution in [0.5, 0.6) is 0 Å². The van der Waals surface area contributed by atoms with Crippen LogP contribution in [0.25, 0.3) is 11.1 Å². The Balaban J connectivity index is 1.57. The van der Waals surface area contributed by atoms with Crippen molar-refractivity contribution in [2.75, 3.05) is 13.1 Å².